The second-order valence-corrected chi connectivity index (χ2v) is 6.94. The Bertz CT molecular complexity index is 709. The second-order valence-electron chi connectivity index (χ2n) is 6.53. The zero-order valence-electron chi connectivity index (χ0n) is 14.8. The van der Waals surface area contributed by atoms with Gasteiger partial charge >= 0.3 is 0 Å². The lowest BCUT2D eigenvalue weighted by Gasteiger charge is -2.32. The van der Waals surface area contributed by atoms with Crippen LogP contribution in [0.2, 0.25) is 0 Å². The van der Waals surface area contributed by atoms with Crippen molar-refractivity contribution in [3.05, 3.63) is 48.5 Å². The van der Waals surface area contributed by atoms with Gasteiger partial charge in [0.25, 0.3) is 0 Å². The van der Waals surface area contributed by atoms with Crippen molar-refractivity contribution in [1.82, 2.24) is 0 Å². The van der Waals surface area contributed by atoms with Gasteiger partial charge in [-0.25, -0.2) is 0 Å². The van der Waals surface area contributed by atoms with Crippen LogP contribution in [0.1, 0.15) is 19.8 Å². The Morgan fingerprint density at radius 1 is 1.04 bits per heavy atom. The highest BCUT2D eigenvalue weighted by molar-refractivity contribution is 7.80. The summed E-state index contributed by atoms with van der Waals surface area (Å²) in [5, 5.41) is 6.97. The Morgan fingerprint density at radius 2 is 1.72 bits per heavy atom. The Kier molecular flexibility index (Phi) is 5.76. The third kappa shape index (κ3) is 4.86. The predicted octanol–water partition coefficient (Wildman–Crippen LogP) is 4.74. The molecule has 1 aliphatic heterocycles. The molecule has 25 heavy (non-hydrogen) atoms. The van der Waals surface area contributed by atoms with Gasteiger partial charge in [-0.05, 0) is 67.4 Å². The third-order valence-electron chi connectivity index (χ3n) is 4.60. The number of anilines is 3. The first-order valence-electron chi connectivity index (χ1n) is 8.71. The lowest BCUT2D eigenvalue weighted by atomic mass is 9.99. The number of rotatable bonds is 4. The summed E-state index contributed by atoms with van der Waals surface area (Å²) in [4.78, 5) is 2.45. The molecule has 1 saturated heterocycles. The van der Waals surface area contributed by atoms with E-state index in [1.54, 1.807) is 7.11 Å². The molecule has 0 saturated carbocycles. The molecule has 0 unspecified atom stereocenters. The summed E-state index contributed by atoms with van der Waals surface area (Å²) in [6.45, 7) is 4.62. The second kappa shape index (κ2) is 8.21. The van der Waals surface area contributed by atoms with Gasteiger partial charge in [0.05, 0.1) is 7.11 Å². The fourth-order valence-electron chi connectivity index (χ4n) is 3.02. The Morgan fingerprint density at radius 3 is 2.40 bits per heavy atom. The molecule has 0 aliphatic carbocycles. The minimum Gasteiger partial charge on any atom is -0.497 e. The van der Waals surface area contributed by atoms with Crippen molar-refractivity contribution in [2.24, 2.45) is 5.92 Å². The van der Waals surface area contributed by atoms with Gasteiger partial charge in [0.15, 0.2) is 5.11 Å². The van der Waals surface area contributed by atoms with Crippen molar-refractivity contribution in [2.45, 2.75) is 19.8 Å². The summed E-state index contributed by atoms with van der Waals surface area (Å²) in [6.07, 6.45) is 2.54. The average Bonchev–Trinajstić information content (AvgIpc) is 2.63. The number of nitrogens with zero attached hydrogens (tertiary/aromatic N) is 1. The van der Waals surface area contributed by atoms with Crippen LogP contribution in [0, 0.1) is 5.92 Å². The number of hydrogen-bond donors (Lipinski definition) is 2. The Balaban J connectivity index is 1.56. The molecule has 0 bridgehead atoms. The van der Waals surface area contributed by atoms with Crippen LogP contribution in [0.3, 0.4) is 0 Å². The fraction of sp³-hybridized carbons (Fsp3) is 0.350. The van der Waals surface area contributed by atoms with E-state index in [2.05, 4.69) is 46.7 Å². The summed E-state index contributed by atoms with van der Waals surface area (Å²) in [6, 6.07) is 16.2. The summed E-state index contributed by atoms with van der Waals surface area (Å²) in [5.41, 5.74) is 3.16. The summed E-state index contributed by atoms with van der Waals surface area (Å²) < 4.78 is 5.22. The molecule has 1 fully saturated rings. The van der Waals surface area contributed by atoms with Gasteiger partial charge in [-0.2, -0.15) is 0 Å². The van der Waals surface area contributed by atoms with E-state index >= 15 is 0 Å². The first kappa shape index (κ1) is 17.5. The number of hydrogen-bond acceptors (Lipinski definition) is 3. The average molecular weight is 356 g/mol. The van der Waals surface area contributed by atoms with Crippen molar-refractivity contribution >= 4 is 34.4 Å². The maximum absolute atomic E-state index is 5.40. The summed E-state index contributed by atoms with van der Waals surface area (Å²) in [5.74, 6) is 1.64. The number of benzene rings is 2. The molecule has 1 aliphatic rings. The number of ether oxygens (including phenoxy) is 1. The molecule has 2 aromatic carbocycles. The lowest BCUT2D eigenvalue weighted by Crippen LogP contribution is -2.32. The lowest BCUT2D eigenvalue weighted by molar-refractivity contribution is 0.415. The molecule has 0 amide bonds. The Labute approximate surface area is 155 Å². The van der Waals surface area contributed by atoms with E-state index < -0.39 is 0 Å². The highest BCUT2D eigenvalue weighted by Crippen LogP contribution is 2.24. The third-order valence-corrected chi connectivity index (χ3v) is 4.81. The maximum Gasteiger partial charge on any atom is 0.175 e. The monoisotopic (exact) mass is 355 g/mol. The molecule has 4 nitrogen and oxygen atoms in total. The molecule has 3 rings (SSSR count). The van der Waals surface area contributed by atoms with Crippen LogP contribution in [-0.2, 0) is 0 Å². The van der Waals surface area contributed by atoms with Crippen molar-refractivity contribution in [3.8, 4) is 5.75 Å². The van der Waals surface area contributed by atoms with Crippen molar-refractivity contribution in [2.75, 3.05) is 35.7 Å². The number of piperidine rings is 1. The molecule has 0 radical (unpaired) electrons. The standard InChI is InChI=1S/C20H25N3OS/c1-15-10-12-23(13-11-15)18-8-6-16(7-9-18)21-20(25)22-17-4-3-5-19(14-17)24-2/h3-9,14-15H,10-13H2,1-2H3,(H2,21,22,25). The number of thiocarbonyl (C=S) groups is 1. The van der Waals surface area contributed by atoms with Gasteiger partial charge in [-0.15, -0.1) is 0 Å². The highest BCUT2D eigenvalue weighted by Gasteiger charge is 2.15. The minimum atomic E-state index is 0.563. The quantitative estimate of drug-likeness (QED) is 0.775. The maximum atomic E-state index is 5.40. The fourth-order valence-corrected chi connectivity index (χ4v) is 3.25. The molecule has 5 heteroatoms. The summed E-state index contributed by atoms with van der Waals surface area (Å²) >= 11 is 5.40. The number of nitrogens with one attached hydrogen (secondary N) is 2. The van der Waals surface area contributed by atoms with Crippen LogP contribution in [0.25, 0.3) is 0 Å². The van der Waals surface area contributed by atoms with Crippen LogP contribution in [0.15, 0.2) is 48.5 Å². The highest BCUT2D eigenvalue weighted by atomic mass is 32.1. The van der Waals surface area contributed by atoms with Crippen molar-refractivity contribution in [1.29, 1.82) is 0 Å². The first-order valence-corrected chi connectivity index (χ1v) is 9.12. The minimum absolute atomic E-state index is 0.563. The molecular weight excluding hydrogens is 330 g/mol. The van der Waals surface area contributed by atoms with Gasteiger partial charge in [-0.3, -0.25) is 0 Å². The smallest absolute Gasteiger partial charge is 0.175 e. The van der Waals surface area contributed by atoms with E-state index in [4.69, 9.17) is 17.0 Å². The molecule has 0 atom stereocenters. The zero-order valence-corrected chi connectivity index (χ0v) is 15.6. The molecule has 2 N–H and O–H groups in total. The SMILES string of the molecule is COc1cccc(NC(=S)Nc2ccc(N3CCC(C)CC3)cc2)c1. The van der Waals surface area contributed by atoms with Crippen LogP contribution in [0.5, 0.6) is 5.75 Å². The van der Waals surface area contributed by atoms with Gasteiger partial charge in [-0.1, -0.05) is 13.0 Å². The van der Waals surface area contributed by atoms with Crippen LogP contribution < -0.4 is 20.3 Å². The topological polar surface area (TPSA) is 36.5 Å². The van der Waals surface area contributed by atoms with Gasteiger partial charge in [0.2, 0.25) is 0 Å². The van der Waals surface area contributed by atoms with Crippen LogP contribution >= 0.6 is 12.2 Å². The zero-order chi connectivity index (χ0) is 17.6. The Hall–Kier alpha value is -2.27. The van der Waals surface area contributed by atoms with E-state index in [1.165, 1.54) is 18.5 Å². The van der Waals surface area contributed by atoms with Crippen LogP contribution in [0.4, 0.5) is 17.1 Å². The van der Waals surface area contributed by atoms with Crippen molar-refractivity contribution < 1.29 is 4.74 Å². The van der Waals surface area contributed by atoms with Gasteiger partial charge < -0.3 is 20.3 Å². The molecule has 2 aromatic rings. The normalized spacial score (nSPS) is 14.9. The van der Waals surface area contributed by atoms with E-state index in [1.807, 2.05) is 24.3 Å². The summed E-state index contributed by atoms with van der Waals surface area (Å²) in [7, 11) is 1.65. The largest absolute Gasteiger partial charge is 0.497 e. The van der Waals surface area contributed by atoms with E-state index in [9.17, 15) is 0 Å². The molecular formula is C20H25N3OS. The molecule has 1 heterocycles. The van der Waals surface area contributed by atoms with Gasteiger partial charge in [0, 0.05) is 36.2 Å². The molecule has 0 aromatic heterocycles. The van der Waals surface area contributed by atoms with E-state index in [0.29, 0.717) is 5.11 Å². The van der Waals surface area contributed by atoms with Crippen LogP contribution in [-0.4, -0.2) is 25.3 Å². The predicted molar refractivity (Wildman–Crippen MR) is 110 cm³/mol. The van der Waals surface area contributed by atoms with Crippen molar-refractivity contribution in [3.63, 3.8) is 0 Å². The van der Waals surface area contributed by atoms with Gasteiger partial charge in [0.1, 0.15) is 5.75 Å². The number of methoxy groups -OCH3 is 1. The van der Waals surface area contributed by atoms with E-state index in [0.717, 1.165) is 36.1 Å². The first-order chi connectivity index (χ1) is 12.1. The molecule has 132 valence electrons. The van der Waals surface area contributed by atoms with E-state index in [-0.39, 0.29) is 0 Å². The molecule has 0 spiro atoms.